The van der Waals surface area contributed by atoms with Crippen LogP contribution in [0.1, 0.15) is 34.1 Å². The molecule has 0 spiro atoms. The minimum absolute atomic E-state index is 0.400. The van der Waals surface area contributed by atoms with E-state index in [0.29, 0.717) is 23.5 Å². The summed E-state index contributed by atoms with van der Waals surface area (Å²) < 4.78 is 10.7. The maximum absolute atomic E-state index is 12.0. The maximum atomic E-state index is 12.0. The Balaban J connectivity index is 2.00. The van der Waals surface area contributed by atoms with Crippen LogP contribution in [-0.2, 0) is 0 Å². The molecule has 2 aromatic carbocycles. The van der Waals surface area contributed by atoms with Crippen molar-refractivity contribution in [2.45, 2.75) is 13.3 Å². The number of rotatable bonds is 6. The Hall–Kier alpha value is -2.62. The molecule has 2 aromatic rings. The van der Waals surface area contributed by atoms with E-state index in [9.17, 15) is 9.59 Å². The number of hydrogen-bond donors (Lipinski definition) is 0. The highest BCUT2D eigenvalue weighted by Crippen LogP contribution is 2.16. The third kappa shape index (κ3) is 4.18. The second kappa shape index (κ2) is 7.24. The first-order chi connectivity index (χ1) is 10.2. The van der Waals surface area contributed by atoms with Gasteiger partial charge in [0.05, 0.1) is 12.2 Å². The molecule has 0 heterocycles. The first-order valence-electron chi connectivity index (χ1n) is 6.73. The fourth-order valence-corrected chi connectivity index (χ4v) is 1.69. The van der Waals surface area contributed by atoms with Crippen LogP contribution in [0.25, 0.3) is 0 Å². The van der Waals surface area contributed by atoms with Crippen LogP contribution in [-0.4, -0.2) is 18.9 Å². The van der Waals surface area contributed by atoms with Gasteiger partial charge in [0.15, 0.2) is 0 Å². The molecule has 0 aliphatic carbocycles. The topological polar surface area (TPSA) is 52.6 Å². The number of carbonyl (C=O) groups excluding carboxylic acids is 2. The molecule has 108 valence electrons. The molecule has 0 amide bonds. The molecule has 4 nitrogen and oxygen atoms in total. The molecule has 0 saturated heterocycles. The van der Waals surface area contributed by atoms with Crippen molar-refractivity contribution in [2.24, 2.45) is 0 Å². The van der Waals surface area contributed by atoms with Crippen molar-refractivity contribution in [3.05, 3.63) is 59.7 Å². The summed E-state index contributed by atoms with van der Waals surface area (Å²) >= 11 is 0. The van der Waals surface area contributed by atoms with E-state index < -0.39 is 5.97 Å². The van der Waals surface area contributed by atoms with Crippen LogP contribution < -0.4 is 9.47 Å². The average Bonchev–Trinajstić information content (AvgIpc) is 2.54. The number of carbonyl (C=O) groups is 2. The van der Waals surface area contributed by atoms with Crippen molar-refractivity contribution in [1.82, 2.24) is 0 Å². The van der Waals surface area contributed by atoms with E-state index in [2.05, 4.69) is 0 Å². The number of esters is 1. The van der Waals surface area contributed by atoms with E-state index in [0.717, 1.165) is 18.5 Å². The second-order valence-electron chi connectivity index (χ2n) is 4.45. The predicted octanol–water partition coefficient (Wildman–Crippen LogP) is 3.51. The third-order valence-electron chi connectivity index (χ3n) is 2.79. The number of hydrogen-bond acceptors (Lipinski definition) is 4. The summed E-state index contributed by atoms with van der Waals surface area (Å²) in [5.41, 5.74) is 0.977. The van der Waals surface area contributed by atoms with E-state index in [-0.39, 0.29) is 0 Å². The van der Waals surface area contributed by atoms with E-state index in [4.69, 9.17) is 9.47 Å². The number of aldehydes is 1. The van der Waals surface area contributed by atoms with Crippen LogP contribution in [0, 0.1) is 0 Å². The highest BCUT2D eigenvalue weighted by atomic mass is 16.5. The Labute approximate surface area is 123 Å². The minimum atomic E-state index is -0.448. The Morgan fingerprint density at radius 2 is 1.62 bits per heavy atom. The summed E-state index contributed by atoms with van der Waals surface area (Å²) in [5.74, 6) is 0.677. The molecule has 0 unspecified atom stereocenters. The summed E-state index contributed by atoms with van der Waals surface area (Å²) in [5, 5.41) is 0. The van der Waals surface area contributed by atoms with Crippen LogP contribution in [0.3, 0.4) is 0 Å². The molecule has 0 atom stereocenters. The molecule has 2 rings (SSSR count). The minimum Gasteiger partial charge on any atom is -0.494 e. The number of ether oxygens (including phenoxy) is 2. The first-order valence-corrected chi connectivity index (χ1v) is 6.73. The summed E-state index contributed by atoms with van der Waals surface area (Å²) in [6.07, 6.45) is 1.67. The normalized spacial score (nSPS) is 9.95. The van der Waals surface area contributed by atoms with Crippen LogP contribution in [0.15, 0.2) is 48.5 Å². The largest absolute Gasteiger partial charge is 0.494 e. The zero-order valence-electron chi connectivity index (χ0n) is 11.7. The van der Waals surface area contributed by atoms with E-state index in [1.165, 1.54) is 0 Å². The zero-order valence-corrected chi connectivity index (χ0v) is 11.7. The van der Waals surface area contributed by atoms with Gasteiger partial charge in [0.25, 0.3) is 0 Å². The molecular formula is C17H16O4. The molecule has 4 heteroatoms. The van der Waals surface area contributed by atoms with Gasteiger partial charge >= 0.3 is 5.97 Å². The van der Waals surface area contributed by atoms with Gasteiger partial charge in [0.1, 0.15) is 17.8 Å². The Morgan fingerprint density at radius 1 is 1.00 bits per heavy atom. The average molecular weight is 284 g/mol. The van der Waals surface area contributed by atoms with Gasteiger partial charge < -0.3 is 9.47 Å². The highest BCUT2D eigenvalue weighted by molar-refractivity contribution is 5.91. The van der Waals surface area contributed by atoms with Crippen molar-refractivity contribution in [2.75, 3.05) is 6.61 Å². The molecule has 0 N–H and O–H groups in total. The molecule has 0 radical (unpaired) electrons. The van der Waals surface area contributed by atoms with Gasteiger partial charge in [-0.1, -0.05) is 6.92 Å². The molecule has 0 aliphatic heterocycles. The van der Waals surface area contributed by atoms with Gasteiger partial charge in [0.2, 0.25) is 0 Å². The van der Waals surface area contributed by atoms with E-state index >= 15 is 0 Å². The molecule has 0 aliphatic rings. The fourth-order valence-electron chi connectivity index (χ4n) is 1.69. The lowest BCUT2D eigenvalue weighted by molar-refractivity contribution is 0.0734. The lowest BCUT2D eigenvalue weighted by Gasteiger charge is -2.06. The van der Waals surface area contributed by atoms with Gasteiger partial charge in [-0.05, 0) is 55.0 Å². The maximum Gasteiger partial charge on any atom is 0.343 e. The van der Waals surface area contributed by atoms with Gasteiger partial charge in [-0.3, -0.25) is 4.79 Å². The van der Waals surface area contributed by atoms with Gasteiger partial charge in [-0.15, -0.1) is 0 Å². The van der Waals surface area contributed by atoms with Gasteiger partial charge in [-0.25, -0.2) is 4.79 Å². The second-order valence-corrected chi connectivity index (χ2v) is 4.45. The molecular weight excluding hydrogens is 268 g/mol. The smallest absolute Gasteiger partial charge is 0.343 e. The summed E-state index contributed by atoms with van der Waals surface area (Å²) in [4.78, 5) is 22.5. The Bertz CT molecular complexity index is 600. The lowest BCUT2D eigenvalue weighted by atomic mass is 10.2. The van der Waals surface area contributed by atoms with Crippen LogP contribution >= 0.6 is 0 Å². The third-order valence-corrected chi connectivity index (χ3v) is 2.79. The van der Waals surface area contributed by atoms with Crippen LogP contribution in [0.2, 0.25) is 0 Å². The van der Waals surface area contributed by atoms with Gasteiger partial charge in [-0.2, -0.15) is 0 Å². The van der Waals surface area contributed by atoms with E-state index in [1.54, 1.807) is 48.5 Å². The summed E-state index contributed by atoms with van der Waals surface area (Å²) in [6, 6.07) is 13.2. The standard InChI is InChI=1S/C17H16O4/c1-2-11-20-15-9-5-14(6-10-15)17(19)21-16-7-3-13(12-18)4-8-16/h3-10,12H,2,11H2,1H3. The predicted molar refractivity (Wildman–Crippen MR) is 79.0 cm³/mol. The lowest BCUT2D eigenvalue weighted by Crippen LogP contribution is -2.08. The molecule has 21 heavy (non-hydrogen) atoms. The van der Waals surface area contributed by atoms with Crippen molar-refractivity contribution in [3.63, 3.8) is 0 Å². The Morgan fingerprint density at radius 3 is 2.19 bits per heavy atom. The molecule has 0 bridgehead atoms. The van der Waals surface area contributed by atoms with Crippen molar-refractivity contribution in [3.8, 4) is 11.5 Å². The van der Waals surface area contributed by atoms with E-state index in [1.807, 2.05) is 6.92 Å². The zero-order chi connectivity index (χ0) is 15.1. The van der Waals surface area contributed by atoms with Crippen molar-refractivity contribution in [1.29, 1.82) is 0 Å². The fraction of sp³-hybridized carbons (Fsp3) is 0.176. The van der Waals surface area contributed by atoms with Gasteiger partial charge in [0, 0.05) is 5.56 Å². The molecule has 0 saturated carbocycles. The van der Waals surface area contributed by atoms with Crippen molar-refractivity contribution < 1.29 is 19.1 Å². The SMILES string of the molecule is CCCOc1ccc(C(=O)Oc2ccc(C=O)cc2)cc1. The summed E-state index contributed by atoms with van der Waals surface area (Å²) in [6.45, 7) is 2.68. The van der Waals surface area contributed by atoms with Crippen molar-refractivity contribution >= 4 is 12.3 Å². The summed E-state index contributed by atoms with van der Waals surface area (Å²) in [7, 11) is 0. The monoisotopic (exact) mass is 284 g/mol. The van der Waals surface area contributed by atoms with Crippen LogP contribution in [0.4, 0.5) is 0 Å². The molecule has 0 aromatic heterocycles. The molecule has 0 fully saturated rings. The Kier molecular flexibility index (Phi) is 5.10. The quantitative estimate of drug-likeness (QED) is 0.463. The van der Waals surface area contributed by atoms with Crippen LogP contribution in [0.5, 0.6) is 11.5 Å². The first kappa shape index (κ1) is 14.8. The number of benzene rings is 2. The highest BCUT2D eigenvalue weighted by Gasteiger charge is 2.08.